The maximum absolute atomic E-state index is 12.2. The molecule has 0 bridgehead atoms. The molecule has 20 heavy (non-hydrogen) atoms. The van der Waals surface area contributed by atoms with Gasteiger partial charge in [0.2, 0.25) is 0 Å². The topological polar surface area (TPSA) is 40.9 Å². The van der Waals surface area contributed by atoms with E-state index in [2.05, 4.69) is 6.07 Å². The molecule has 2 rings (SSSR count). The first kappa shape index (κ1) is 14.6. The minimum absolute atomic E-state index is 0.0839. The fourth-order valence-corrected chi connectivity index (χ4v) is 2.38. The summed E-state index contributed by atoms with van der Waals surface area (Å²) in [5, 5.41) is 10.0. The third kappa shape index (κ3) is 3.19. The van der Waals surface area contributed by atoms with Gasteiger partial charge in [-0.1, -0.05) is 65.7 Å². The molecule has 2 nitrogen and oxygen atoms in total. The standard InChI is InChI=1S/C16H11Cl2NO/c17-14-8-4-7-13(16(14)18)12(10-19)9-15(20)11-5-2-1-3-6-11/h1-8,12H,9H2. The predicted octanol–water partition coefficient (Wildman–Crippen LogP) is 4.87. The molecular weight excluding hydrogens is 293 g/mol. The van der Waals surface area contributed by atoms with Crippen LogP contribution in [0.15, 0.2) is 48.5 Å². The van der Waals surface area contributed by atoms with Gasteiger partial charge in [-0.3, -0.25) is 4.79 Å². The fourth-order valence-electron chi connectivity index (χ4n) is 1.94. The van der Waals surface area contributed by atoms with Crippen LogP contribution < -0.4 is 0 Å². The molecule has 0 aliphatic carbocycles. The molecule has 0 saturated heterocycles. The van der Waals surface area contributed by atoms with Crippen molar-refractivity contribution < 1.29 is 4.79 Å². The molecule has 0 heterocycles. The molecular formula is C16H11Cl2NO. The first-order valence-electron chi connectivity index (χ1n) is 6.05. The van der Waals surface area contributed by atoms with E-state index in [-0.39, 0.29) is 12.2 Å². The largest absolute Gasteiger partial charge is 0.294 e. The van der Waals surface area contributed by atoms with Crippen molar-refractivity contribution in [2.24, 2.45) is 0 Å². The van der Waals surface area contributed by atoms with Crippen LogP contribution in [0.3, 0.4) is 0 Å². The lowest BCUT2D eigenvalue weighted by molar-refractivity contribution is 0.0979. The van der Waals surface area contributed by atoms with Crippen LogP contribution in [0.5, 0.6) is 0 Å². The first-order valence-corrected chi connectivity index (χ1v) is 6.81. The summed E-state index contributed by atoms with van der Waals surface area (Å²) >= 11 is 12.0. The predicted molar refractivity (Wildman–Crippen MR) is 80.2 cm³/mol. The quantitative estimate of drug-likeness (QED) is 0.756. The second kappa shape index (κ2) is 6.56. The minimum atomic E-state index is -0.603. The molecule has 0 spiro atoms. The molecule has 1 atom stereocenters. The van der Waals surface area contributed by atoms with E-state index in [0.717, 1.165) is 0 Å². The van der Waals surface area contributed by atoms with Crippen molar-refractivity contribution in [2.75, 3.05) is 0 Å². The van der Waals surface area contributed by atoms with Gasteiger partial charge in [-0.05, 0) is 11.6 Å². The number of carbonyl (C=O) groups is 1. The number of hydrogen-bond acceptors (Lipinski definition) is 2. The number of Topliss-reactive ketones (excluding diaryl/α,β-unsaturated/α-hetero) is 1. The van der Waals surface area contributed by atoms with Gasteiger partial charge in [-0.15, -0.1) is 0 Å². The number of nitrogens with zero attached hydrogens (tertiary/aromatic N) is 1. The Morgan fingerprint density at radius 2 is 1.80 bits per heavy atom. The average molecular weight is 304 g/mol. The van der Waals surface area contributed by atoms with E-state index in [9.17, 15) is 10.1 Å². The number of hydrogen-bond donors (Lipinski definition) is 0. The molecule has 0 radical (unpaired) electrons. The molecule has 4 heteroatoms. The molecule has 0 fully saturated rings. The third-order valence-electron chi connectivity index (χ3n) is 3.00. The highest BCUT2D eigenvalue weighted by Crippen LogP contribution is 2.32. The van der Waals surface area contributed by atoms with Crippen molar-refractivity contribution in [3.8, 4) is 6.07 Å². The van der Waals surface area contributed by atoms with Gasteiger partial charge in [0.15, 0.2) is 5.78 Å². The van der Waals surface area contributed by atoms with Gasteiger partial charge in [0.1, 0.15) is 0 Å². The second-order valence-electron chi connectivity index (χ2n) is 4.32. The number of nitriles is 1. The molecule has 2 aromatic carbocycles. The van der Waals surface area contributed by atoms with Crippen LogP contribution in [-0.2, 0) is 0 Å². The Hall–Kier alpha value is -1.82. The van der Waals surface area contributed by atoms with Crippen LogP contribution in [-0.4, -0.2) is 5.78 Å². The van der Waals surface area contributed by atoms with Crippen LogP contribution in [0.2, 0.25) is 10.0 Å². The van der Waals surface area contributed by atoms with Crippen LogP contribution >= 0.6 is 23.2 Å². The number of rotatable bonds is 4. The van der Waals surface area contributed by atoms with E-state index >= 15 is 0 Å². The molecule has 0 aliphatic heterocycles. The minimum Gasteiger partial charge on any atom is -0.294 e. The van der Waals surface area contributed by atoms with E-state index in [1.165, 1.54) is 0 Å². The smallest absolute Gasteiger partial charge is 0.164 e. The number of benzene rings is 2. The van der Waals surface area contributed by atoms with Gasteiger partial charge >= 0.3 is 0 Å². The number of carbonyl (C=O) groups excluding carboxylic acids is 1. The highest BCUT2D eigenvalue weighted by Gasteiger charge is 2.20. The third-order valence-corrected chi connectivity index (χ3v) is 3.83. The van der Waals surface area contributed by atoms with Crippen molar-refractivity contribution >= 4 is 29.0 Å². The van der Waals surface area contributed by atoms with Crippen LogP contribution in [0.4, 0.5) is 0 Å². The van der Waals surface area contributed by atoms with Crippen molar-refractivity contribution in [2.45, 2.75) is 12.3 Å². The first-order chi connectivity index (χ1) is 9.63. The van der Waals surface area contributed by atoms with Gasteiger partial charge in [0, 0.05) is 12.0 Å². The molecule has 100 valence electrons. The molecule has 0 N–H and O–H groups in total. The van der Waals surface area contributed by atoms with E-state index < -0.39 is 5.92 Å². The Labute approximate surface area is 127 Å². The van der Waals surface area contributed by atoms with Crippen molar-refractivity contribution in [1.82, 2.24) is 0 Å². The summed E-state index contributed by atoms with van der Waals surface area (Å²) in [4.78, 5) is 12.2. The van der Waals surface area contributed by atoms with Crippen LogP contribution in [0.25, 0.3) is 0 Å². The Morgan fingerprint density at radius 3 is 2.45 bits per heavy atom. The van der Waals surface area contributed by atoms with Crippen molar-refractivity contribution in [1.29, 1.82) is 5.26 Å². The van der Waals surface area contributed by atoms with E-state index in [0.29, 0.717) is 21.2 Å². The highest BCUT2D eigenvalue weighted by atomic mass is 35.5. The zero-order chi connectivity index (χ0) is 14.5. The molecule has 0 aliphatic rings. The Morgan fingerprint density at radius 1 is 1.10 bits per heavy atom. The normalized spacial score (nSPS) is 11.7. The lowest BCUT2D eigenvalue weighted by atomic mass is 9.93. The number of halogens is 2. The molecule has 0 aromatic heterocycles. The van der Waals surface area contributed by atoms with Gasteiger partial charge in [0.25, 0.3) is 0 Å². The maximum Gasteiger partial charge on any atom is 0.164 e. The summed E-state index contributed by atoms with van der Waals surface area (Å²) in [6, 6.07) is 16.1. The summed E-state index contributed by atoms with van der Waals surface area (Å²) in [6.45, 7) is 0. The highest BCUT2D eigenvalue weighted by molar-refractivity contribution is 6.42. The molecule has 1 unspecified atom stereocenters. The Bertz CT molecular complexity index is 662. The van der Waals surface area contributed by atoms with Crippen molar-refractivity contribution in [3.05, 3.63) is 69.7 Å². The van der Waals surface area contributed by atoms with E-state index in [1.54, 1.807) is 42.5 Å². The summed E-state index contributed by atoms with van der Waals surface area (Å²) in [7, 11) is 0. The molecule has 2 aromatic rings. The molecule has 0 saturated carbocycles. The number of ketones is 1. The summed E-state index contributed by atoms with van der Waals surface area (Å²) < 4.78 is 0. The van der Waals surface area contributed by atoms with Gasteiger partial charge < -0.3 is 0 Å². The van der Waals surface area contributed by atoms with Gasteiger partial charge in [-0.2, -0.15) is 5.26 Å². The van der Waals surface area contributed by atoms with Crippen LogP contribution in [0.1, 0.15) is 28.3 Å². The van der Waals surface area contributed by atoms with E-state index in [4.69, 9.17) is 23.2 Å². The van der Waals surface area contributed by atoms with Crippen LogP contribution in [0, 0.1) is 11.3 Å². The lowest BCUT2D eigenvalue weighted by Gasteiger charge is -2.11. The van der Waals surface area contributed by atoms with Crippen molar-refractivity contribution in [3.63, 3.8) is 0 Å². The summed E-state index contributed by atoms with van der Waals surface area (Å²) in [5.74, 6) is -0.693. The summed E-state index contributed by atoms with van der Waals surface area (Å²) in [6.07, 6.45) is 0.0839. The fraction of sp³-hybridized carbons (Fsp3) is 0.125. The monoisotopic (exact) mass is 303 g/mol. The SMILES string of the molecule is N#CC(CC(=O)c1ccccc1)c1cccc(Cl)c1Cl. The second-order valence-corrected chi connectivity index (χ2v) is 5.10. The average Bonchev–Trinajstić information content (AvgIpc) is 2.48. The van der Waals surface area contributed by atoms with Gasteiger partial charge in [0.05, 0.1) is 22.0 Å². The van der Waals surface area contributed by atoms with Gasteiger partial charge in [-0.25, -0.2) is 0 Å². The van der Waals surface area contributed by atoms with E-state index in [1.807, 2.05) is 6.07 Å². The molecule has 0 amide bonds. The zero-order valence-electron chi connectivity index (χ0n) is 10.5. The Balaban J connectivity index is 2.24. The lowest BCUT2D eigenvalue weighted by Crippen LogP contribution is -2.06. The summed E-state index contributed by atoms with van der Waals surface area (Å²) in [5.41, 5.74) is 1.18. The maximum atomic E-state index is 12.2. The zero-order valence-corrected chi connectivity index (χ0v) is 12.0. The Kier molecular flexibility index (Phi) is 4.79.